The number of ether oxygens (including phenoxy) is 1. The van der Waals surface area contributed by atoms with E-state index >= 15 is 0 Å². The smallest absolute Gasteiger partial charge is 0.119 e. The lowest BCUT2D eigenvalue weighted by Gasteiger charge is -2.35. The van der Waals surface area contributed by atoms with Crippen molar-refractivity contribution in [2.75, 3.05) is 38.2 Å². The number of aromatic nitrogens is 2. The number of H-pyrrole nitrogens is 1. The molecule has 0 radical (unpaired) electrons. The van der Waals surface area contributed by atoms with Crippen LogP contribution in [0.25, 0.3) is 0 Å². The van der Waals surface area contributed by atoms with Crippen molar-refractivity contribution in [3.05, 3.63) is 41.7 Å². The van der Waals surface area contributed by atoms with Crippen molar-refractivity contribution in [2.24, 2.45) is 0 Å². The minimum Gasteiger partial charge on any atom is -0.497 e. The van der Waals surface area contributed by atoms with Crippen molar-refractivity contribution in [3.63, 3.8) is 0 Å². The fourth-order valence-corrected chi connectivity index (χ4v) is 3.25. The fourth-order valence-electron chi connectivity index (χ4n) is 3.25. The molecule has 1 saturated carbocycles. The maximum absolute atomic E-state index is 5.23. The van der Waals surface area contributed by atoms with Crippen LogP contribution in [0.5, 0.6) is 5.75 Å². The van der Waals surface area contributed by atoms with E-state index in [4.69, 9.17) is 4.74 Å². The van der Waals surface area contributed by atoms with E-state index in [1.165, 1.54) is 29.9 Å². The Morgan fingerprint density at radius 1 is 1.13 bits per heavy atom. The van der Waals surface area contributed by atoms with Crippen molar-refractivity contribution in [1.29, 1.82) is 0 Å². The van der Waals surface area contributed by atoms with Gasteiger partial charge in [0.15, 0.2) is 0 Å². The molecule has 0 unspecified atom stereocenters. The van der Waals surface area contributed by atoms with Gasteiger partial charge >= 0.3 is 0 Å². The Kier molecular flexibility index (Phi) is 3.95. The summed E-state index contributed by atoms with van der Waals surface area (Å²) < 4.78 is 5.23. The first-order chi connectivity index (χ1) is 11.3. The predicted molar refractivity (Wildman–Crippen MR) is 91.0 cm³/mol. The van der Waals surface area contributed by atoms with E-state index in [-0.39, 0.29) is 0 Å². The lowest BCUT2D eigenvalue weighted by atomic mass is 10.2. The van der Waals surface area contributed by atoms with Gasteiger partial charge in [-0.1, -0.05) is 0 Å². The minimum absolute atomic E-state index is 0.729. The molecular weight excluding hydrogens is 288 g/mol. The molecule has 5 nitrogen and oxygen atoms in total. The van der Waals surface area contributed by atoms with E-state index in [0.29, 0.717) is 0 Å². The van der Waals surface area contributed by atoms with Crippen LogP contribution in [0.3, 0.4) is 0 Å². The molecule has 0 amide bonds. The molecule has 23 heavy (non-hydrogen) atoms. The maximum Gasteiger partial charge on any atom is 0.119 e. The number of nitrogens with one attached hydrogen (secondary N) is 1. The second-order valence-corrected chi connectivity index (χ2v) is 6.55. The third kappa shape index (κ3) is 3.34. The molecule has 1 aliphatic carbocycles. The van der Waals surface area contributed by atoms with Crippen molar-refractivity contribution < 1.29 is 4.74 Å². The molecule has 0 spiro atoms. The first kappa shape index (κ1) is 14.6. The van der Waals surface area contributed by atoms with Gasteiger partial charge in [0, 0.05) is 50.0 Å². The van der Waals surface area contributed by atoms with Gasteiger partial charge in [0.1, 0.15) is 5.75 Å². The molecule has 1 aliphatic heterocycles. The highest BCUT2D eigenvalue weighted by Gasteiger charge is 2.26. The molecule has 2 fully saturated rings. The van der Waals surface area contributed by atoms with Gasteiger partial charge in [0.25, 0.3) is 0 Å². The van der Waals surface area contributed by atoms with Crippen molar-refractivity contribution in [2.45, 2.75) is 25.3 Å². The van der Waals surface area contributed by atoms with Crippen molar-refractivity contribution in [3.8, 4) is 5.75 Å². The number of rotatable bonds is 5. The standard InChI is InChI=1S/C18H24N4O/c1-23-17-6-4-16(5-7-17)22-10-8-21(9-11-22)13-15-12-18(20-19-15)14-2-3-14/h4-7,12,14H,2-3,8-11,13H2,1H3,(H,19,20). The van der Waals surface area contributed by atoms with Gasteiger partial charge in [-0.05, 0) is 43.2 Å². The summed E-state index contributed by atoms with van der Waals surface area (Å²) in [6, 6.07) is 10.6. The van der Waals surface area contributed by atoms with Crippen LogP contribution in [0, 0.1) is 0 Å². The van der Waals surface area contributed by atoms with Crippen LogP contribution < -0.4 is 9.64 Å². The number of hydrogen-bond donors (Lipinski definition) is 1. The highest BCUT2D eigenvalue weighted by Crippen LogP contribution is 2.39. The summed E-state index contributed by atoms with van der Waals surface area (Å²) >= 11 is 0. The van der Waals surface area contributed by atoms with Gasteiger partial charge in [-0.2, -0.15) is 5.10 Å². The van der Waals surface area contributed by atoms with Crippen molar-refractivity contribution in [1.82, 2.24) is 15.1 Å². The molecule has 122 valence electrons. The number of aromatic amines is 1. The SMILES string of the molecule is COc1ccc(N2CCN(Cc3cc(C4CC4)n[nH]3)CC2)cc1. The number of benzene rings is 1. The number of anilines is 1. The van der Waals surface area contributed by atoms with Crippen LogP contribution in [0.4, 0.5) is 5.69 Å². The fraction of sp³-hybridized carbons (Fsp3) is 0.500. The molecule has 1 saturated heterocycles. The zero-order valence-electron chi connectivity index (χ0n) is 13.7. The minimum atomic E-state index is 0.729. The zero-order chi connectivity index (χ0) is 15.6. The summed E-state index contributed by atoms with van der Waals surface area (Å²) in [7, 11) is 1.71. The lowest BCUT2D eigenvalue weighted by Crippen LogP contribution is -2.46. The molecule has 2 aromatic rings. The van der Waals surface area contributed by atoms with Gasteiger partial charge in [-0.3, -0.25) is 10.00 Å². The largest absolute Gasteiger partial charge is 0.497 e. The Balaban J connectivity index is 1.31. The Bertz CT molecular complexity index is 639. The summed E-state index contributed by atoms with van der Waals surface area (Å²) in [6.07, 6.45) is 2.62. The predicted octanol–water partition coefficient (Wildman–Crippen LogP) is 2.62. The molecule has 4 rings (SSSR count). The highest BCUT2D eigenvalue weighted by molar-refractivity contribution is 5.49. The van der Waals surface area contributed by atoms with Crippen LogP contribution >= 0.6 is 0 Å². The van der Waals surface area contributed by atoms with Crippen LogP contribution in [0.15, 0.2) is 30.3 Å². The molecular formula is C18H24N4O. The molecule has 1 N–H and O–H groups in total. The third-order valence-corrected chi connectivity index (χ3v) is 4.85. The van der Waals surface area contributed by atoms with E-state index in [9.17, 15) is 0 Å². The zero-order valence-corrected chi connectivity index (χ0v) is 13.7. The molecule has 5 heteroatoms. The summed E-state index contributed by atoms with van der Waals surface area (Å²) in [6.45, 7) is 5.29. The van der Waals surface area contributed by atoms with Crippen LogP contribution in [-0.2, 0) is 6.54 Å². The lowest BCUT2D eigenvalue weighted by molar-refractivity contribution is 0.247. The molecule has 0 bridgehead atoms. The van der Waals surface area contributed by atoms with E-state index in [0.717, 1.165) is 44.4 Å². The molecule has 2 aliphatic rings. The Hall–Kier alpha value is -2.01. The second-order valence-electron chi connectivity index (χ2n) is 6.55. The van der Waals surface area contributed by atoms with Crippen molar-refractivity contribution >= 4 is 5.69 Å². The average molecular weight is 312 g/mol. The van der Waals surface area contributed by atoms with Gasteiger partial charge in [0.2, 0.25) is 0 Å². The van der Waals surface area contributed by atoms with Gasteiger partial charge in [0.05, 0.1) is 12.8 Å². The van der Waals surface area contributed by atoms with Crippen LogP contribution in [0.1, 0.15) is 30.1 Å². The summed E-state index contributed by atoms with van der Waals surface area (Å²) in [4.78, 5) is 4.95. The Labute approximate surface area is 137 Å². The normalized spacial score (nSPS) is 19.1. The van der Waals surface area contributed by atoms with Gasteiger partial charge < -0.3 is 9.64 Å². The van der Waals surface area contributed by atoms with E-state index in [2.05, 4.69) is 38.2 Å². The number of nitrogens with zero attached hydrogens (tertiary/aromatic N) is 3. The molecule has 1 aromatic heterocycles. The first-order valence-corrected chi connectivity index (χ1v) is 8.47. The topological polar surface area (TPSA) is 44.4 Å². The maximum atomic E-state index is 5.23. The number of hydrogen-bond acceptors (Lipinski definition) is 4. The summed E-state index contributed by atoms with van der Waals surface area (Å²) in [5.74, 6) is 1.64. The summed E-state index contributed by atoms with van der Waals surface area (Å²) in [5, 5.41) is 7.66. The monoisotopic (exact) mass is 312 g/mol. The number of piperazine rings is 1. The highest BCUT2D eigenvalue weighted by atomic mass is 16.5. The first-order valence-electron chi connectivity index (χ1n) is 8.47. The second kappa shape index (κ2) is 6.24. The molecule has 2 heterocycles. The van der Waals surface area contributed by atoms with Crippen LogP contribution in [0.2, 0.25) is 0 Å². The van der Waals surface area contributed by atoms with E-state index < -0.39 is 0 Å². The quantitative estimate of drug-likeness (QED) is 0.922. The Morgan fingerprint density at radius 2 is 1.87 bits per heavy atom. The van der Waals surface area contributed by atoms with Gasteiger partial charge in [-0.15, -0.1) is 0 Å². The molecule has 0 atom stereocenters. The van der Waals surface area contributed by atoms with E-state index in [1.807, 2.05) is 12.1 Å². The molecule has 1 aromatic carbocycles. The third-order valence-electron chi connectivity index (χ3n) is 4.85. The van der Waals surface area contributed by atoms with Crippen LogP contribution in [-0.4, -0.2) is 48.4 Å². The number of methoxy groups -OCH3 is 1. The summed E-state index contributed by atoms with van der Waals surface area (Å²) in [5.41, 5.74) is 3.80. The average Bonchev–Trinajstić information content (AvgIpc) is 3.36. The Morgan fingerprint density at radius 3 is 2.52 bits per heavy atom. The van der Waals surface area contributed by atoms with E-state index in [1.54, 1.807) is 7.11 Å². The van der Waals surface area contributed by atoms with Gasteiger partial charge in [-0.25, -0.2) is 0 Å².